The van der Waals surface area contributed by atoms with E-state index >= 15 is 0 Å². The molecule has 0 saturated heterocycles. The van der Waals surface area contributed by atoms with E-state index in [1.807, 2.05) is 0 Å². The van der Waals surface area contributed by atoms with Crippen LogP contribution in [-0.4, -0.2) is 9.13 Å². The molecule has 0 spiro atoms. The van der Waals surface area contributed by atoms with E-state index in [-0.39, 0.29) is 11.8 Å². The molecular weight excluding hydrogens is 789 g/mol. The van der Waals surface area contributed by atoms with Crippen molar-refractivity contribution in [2.45, 2.75) is 12.8 Å². The molecule has 4 nitrogen and oxygen atoms in total. The van der Waals surface area contributed by atoms with E-state index in [1.165, 1.54) is 54.9 Å². The maximum atomic E-state index is 2.44. The monoisotopic (exact) mass is 834 g/mol. The summed E-state index contributed by atoms with van der Waals surface area (Å²) in [5, 5.41) is 4.95. The zero-order valence-corrected chi connectivity index (χ0v) is 36.1. The number of anilines is 5. The molecule has 2 heterocycles. The Morgan fingerprint density at radius 3 is 1.26 bits per heavy atom. The average molecular weight is 835 g/mol. The lowest BCUT2D eigenvalue weighted by atomic mass is 9.83. The van der Waals surface area contributed by atoms with E-state index in [2.05, 4.69) is 275 Å². The quantitative estimate of drug-likeness (QED) is 0.144. The maximum Gasteiger partial charge on any atom is 0.0542 e. The summed E-state index contributed by atoms with van der Waals surface area (Å²) in [6.07, 6.45) is 7.16. The fourth-order valence-corrected chi connectivity index (χ4v) is 10.2. The van der Waals surface area contributed by atoms with Gasteiger partial charge in [-0.15, -0.1) is 0 Å². The number of rotatable bonds is 9. The first-order valence-corrected chi connectivity index (χ1v) is 22.6. The van der Waals surface area contributed by atoms with Gasteiger partial charge in [0.1, 0.15) is 0 Å². The molecule has 0 aliphatic heterocycles. The van der Waals surface area contributed by atoms with E-state index in [0.29, 0.717) is 0 Å². The minimum atomic E-state index is 0.224. The molecule has 12 rings (SSSR count). The fourth-order valence-electron chi connectivity index (χ4n) is 10.2. The fraction of sp³-hybridized carbons (Fsp3) is 0.0492. The van der Waals surface area contributed by atoms with E-state index in [4.69, 9.17) is 0 Å². The molecule has 1 unspecified atom stereocenters. The Morgan fingerprint density at radius 2 is 0.754 bits per heavy atom. The highest BCUT2D eigenvalue weighted by Gasteiger charge is 2.25. The summed E-state index contributed by atoms with van der Waals surface area (Å²) in [5.74, 6) is 0.479. The van der Waals surface area contributed by atoms with Gasteiger partial charge >= 0.3 is 0 Å². The van der Waals surface area contributed by atoms with Crippen LogP contribution in [0.1, 0.15) is 18.4 Å². The molecule has 4 heteroatoms. The Bertz CT molecular complexity index is 3550. The Kier molecular flexibility index (Phi) is 9.49. The van der Waals surface area contributed by atoms with Crippen molar-refractivity contribution in [1.82, 2.24) is 9.13 Å². The van der Waals surface area contributed by atoms with Crippen LogP contribution in [0.4, 0.5) is 28.4 Å². The van der Waals surface area contributed by atoms with Crippen LogP contribution < -0.4 is 9.80 Å². The molecule has 0 radical (unpaired) electrons. The lowest BCUT2D eigenvalue weighted by Gasteiger charge is -2.32. The van der Waals surface area contributed by atoms with Crippen molar-refractivity contribution in [3.8, 4) is 11.4 Å². The lowest BCUT2D eigenvalue weighted by Crippen LogP contribution is -2.20. The SMILES string of the molecule is CC1C=C(N(c2ccccc2)c2ccc3c(c2)c2ccccc2n3-c2ccccc2)C=C[C@@H]1c1ccc(N(c2ccccc2)c2ccc3c(c2)c2ccccc2n3-c2ccccc2)cc1. The van der Waals surface area contributed by atoms with Gasteiger partial charge in [-0.1, -0.05) is 140 Å². The van der Waals surface area contributed by atoms with Crippen molar-refractivity contribution >= 4 is 72.0 Å². The van der Waals surface area contributed by atoms with E-state index < -0.39 is 0 Å². The smallest absolute Gasteiger partial charge is 0.0542 e. The summed E-state index contributed by atoms with van der Waals surface area (Å²) in [5.41, 5.74) is 15.2. The largest absolute Gasteiger partial charge is 0.311 e. The van der Waals surface area contributed by atoms with Crippen molar-refractivity contribution in [2.75, 3.05) is 9.80 Å². The van der Waals surface area contributed by atoms with Gasteiger partial charge < -0.3 is 18.9 Å². The third-order valence-electron chi connectivity index (χ3n) is 13.2. The highest BCUT2D eigenvalue weighted by atomic mass is 15.2. The van der Waals surface area contributed by atoms with Gasteiger partial charge in [-0.2, -0.15) is 0 Å². The van der Waals surface area contributed by atoms with Gasteiger partial charge in [0, 0.05) is 73.0 Å². The molecule has 2 atom stereocenters. The molecule has 9 aromatic carbocycles. The van der Waals surface area contributed by atoms with Gasteiger partial charge in [0.15, 0.2) is 0 Å². The Hall–Kier alpha value is -8.34. The minimum Gasteiger partial charge on any atom is -0.311 e. The predicted octanol–water partition coefficient (Wildman–Crippen LogP) is 16.4. The van der Waals surface area contributed by atoms with Crippen molar-refractivity contribution in [3.63, 3.8) is 0 Å². The second kappa shape index (κ2) is 16.1. The molecule has 0 fully saturated rings. The van der Waals surface area contributed by atoms with Crippen LogP contribution in [0.2, 0.25) is 0 Å². The average Bonchev–Trinajstić information content (AvgIpc) is 3.88. The van der Waals surface area contributed by atoms with Crippen molar-refractivity contribution in [3.05, 3.63) is 260 Å². The molecular formula is C61H46N4. The first-order chi connectivity index (χ1) is 32.2. The number of hydrogen-bond donors (Lipinski definition) is 0. The molecule has 1 aliphatic rings. The van der Waals surface area contributed by atoms with Crippen LogP contribution in [0.3, 0.4) is 0 Å². The zero-order chi connectivity index (χ0) is 43.3. The topological polar surface area (TPSA) is 16.3 Å². The van der Waals surface area contributed by atoms with Crippen LogP contribution in [0.15, 0.2) is 254 Å². The van der Waals surface area contributed by atoms with Crippen molar-refractivity contribution in [1.29, 1.82) is 0 Å². The van der Waals surface area contributed by atoms with Gasteiger partial charge in [0.05, 0.1) is 22.1 Å². The molecule has 2 aromatic heterocycles. The summed E-state index contributed by atoms with van der Waals surface area (Å²) >= 11 is 0. The minimum absolute atomic E-state index is 0.224. The molecule has 11 aromatic rings. The van der Waals surface area contributed by atoms with Gasteiger partial charge in [-0.05, 0) is 127 Å². The molecule has 1 aliphatic carbocycles. The molecule has 0 saturated carbocycles. The Balaban J connectivity index is 0.886. The normalized spacial score (nSPS) is 14.9. The summed E-state index contributed by atoms with van der Waals surface area (Å²) < 4.78 is 4.75. The third kappa shape index (κ3) is 6.70. The standard InChI is InChI=1S/C61H46N4/c1-43-40-50(63(46-20-8-3-9-21-46)52-36-39-61-57(42-52)55-27-15-17-29-59(55)65(61)48-24-12-5-13-25-48)34-37-53(43)44-30-32-49(33-31-44)62(45-18-6-2-7-19-45)51-35-38-60-56(41-51)54-26-14-16-28-58(54)64(60)47-22-10-4-11-23-47/h2-43,53H,1H3/t43?,53-/m0/s1. The van der Waals surface area contributed by atoms with Gasteiger partial charge in [0.2, 0.25) is 0 Å². The molecule has 65 heavy (non-hydrogen) atoms. The summed E-state index contributed by atoms with van der Waals surface area (Å²) in [6, 6.07) is 83.3. The second-order valence-electron chi connectivity index (χ2n) is 17.0. The van der Waals surface area contributed by atoms with Crippen LogP contribution in [0.5, 0.6) is 0 Å². The zero-order valence-electron chi connectivity index (χ0n) is 36.1. The van der Waals surface area contributed by atoms with Gasteiger partial charge in [0.25, 0.3) is 0 Å². The van der Waals surface area contributed by atoms with E-state index in [1.54, 1.807) is 0 Å². The molecule has 0 N–H and O–H groups in total. The first-order valence-electron chi connectivity index (χ1n) is 22.6. The highest BCUT2D eigenvalue weighted by molar-refractivity contribution is 6.11. The number of fused-ring (bicyclic) bond motifs is 6. The number of nitrogens with zero attached hydrogens (tertiary/aromatic N) is 4. The number of aromatic nitrogens is 2. The number of benzene rings is 9. The molecule has 0 amide bonds. The summed E-state index contributed by atoms with van der Waals surface area (Å²) in [6.45, 7) is 2.35. The van der Waals surface area contributed by atoms with Gasteiger partial charge in [-0.25, -0.2) is 0 Å². The first kappa shape index (κ1) is 38.3. The van der Waals surface area contributed by atoms with Crippen molar-refractivity contribution in [2.24, 2.45) is 5.92 Å². The van der Waals surface area contributed by atoms with Crippen molar-refractivity contribution < 1.29 is 0 Å². The molecule has 310 valence electrons. The van der Waals surface area contributed by atoms with Gasteiger partial charge in [-0.3, -0.25) is 0 Å². The lowest BCUT2D eigenvalue weighted by molar-refractivity contribution is 0.628. The number of hydrogen-bond acceptors (Lipinski definition) is 2. The van der Waals surface area contributed by atoms with Crippen LogP contribution in [0.25, 0.3) is 55.0 Å². The maximum absolute atomic E-state index is 2.44. The Morgan fingerprint density at radius 1 is 0.354 bits per heavy atom. The van der Waals surface area contributed by atoms with E-state index in [9.17, 15) is 0 Å². The van der Waals surface area contributed by atoms with Crippen LogP contribution >= 0.6 is 0 Å². The van der Waals surface area contributed by atoms with Crippen LogP contribution in [-0.2, 0) is 0 Å². The highest BCUT2D eigenvalue weighted by Crippen LogP contribution is 2.43. The van der Waals surface area contributed by atoms with Crippen LogP contribution in [0, 0.1) is 5.92 Å². The predicted molar refractivity (Wildman–Crippen MR) is 274 cm³/mol. The second-order valence-corrected chi connectivity index (χ2v) is 17.0. The van der Waals surface area contributed by atoms with E-state index in [0.717, 1.165) is 39.8 Å². The third-order valence-corrected chi connectivity index (χ3v) is 13.2. The summed E-state index contributed by atoms with van der Waals surface area (Å²) in [7, 11) is 0. The summed E-state index contributed by atoms with van der Waals surface area (Å²) in [4.78, 5) is 4.79. The molecule has 0 bridgehead atoms. The number of para-hydroxylation sites is 6. The Labute approximate surface area is 379 Å². The number of allylic oxidation sites excluding steroid dienone is 3.